The van der Waals surface area contributed by atoms with Crippen LogP contribution in [0, 0.1) is 12.7 Å². The molecule has 0 aliphatic heterocycles. The maximum Gasteiger partial charge on any atom is 0.231 e. The molecule has 0 radical (unpaired) electrons. The van der Waals surface area contributed by atoms with Gasteiger partial charge in [-0.15, -0.1) is 0 Å². The Hall–Kier alpha value is -2.13. The second kappa shape index (κ2) is 4.76. The first kappa shape index (κ1) is 12.9. The molecule has 0 saturated carbocycles. The highest BCUT2D eigenvalue weighted by Crippen LogP contribution is 2.28. The fourth-order valence-electron chi connectivity index (χ4n) is 2.09. The summed E-state index contributed by atoms with van der Waals surface area (Å²) in [5, 5.41) is 1.14. The summed E-state index contributed by atoms with van der Waals surface area (Å²) >= 11 is 6.00. The molecule has 0 unspecified atom stereocenters. The summed E-state index contributed by atoms with van der Waals surface area (Å²) in [4.78, 5) is 12.3. The lowest BCUT2D eigenvalue weighted by molar-refractivity contribution is 0.101. The van der Waals surface area contributed by atoms with Crippen LogP contribution in [0.2, 0.25) is 5.02 Å². The number of aryl methyl sites for hydroxylation is 1. The van der Waals surface area contributed by atoms with Crippen molar-refractivity contribution in [2.45, 2.75) is 6.92 Å². The molecule has 100 valence electrons. The Labute approximate surface area is 119 Å². The van der Waals surface area contributed by atoms with E-state index in [1.54, 1.807) is 37.3 Å². The number of ketones is 1. The van der Waals surface area contributed by atoms with Gasteiger partial charge in [0.15, 0.2) is 11.3 Å². The van der Waals surface area contributed by atoms with Crippen LogP contribution in [0.4, 0.5) is 4.39 Å². The van der Waals surface area contributed by atoms with E-state index in [1.165, 1.54) is 12.1 Å². The molecule has 1 heterocycles. The molecule has 2 nitrogen and oxygen atoms in total. The van der Waals surface area contributed by atoms with Gasteiger partial charge in [0.05, 0.1) is 10.6 Å². The van der Waals surface area contributed by atoms with Crippen LogP contribution >= 0.6 is 11.6 Å². The number of carbonyl (C=O) groups excluding carboxylic acids is 1. The molecule has 3 rings (SSSR count). The van der Waals surface area contributed by atoms with Crippen LogP contribution in [0.5, 0.6) is 0 Å². The summed E-state index contributed by atoms with van der Waals surface area (Å²) in [7, 11) is 0. The topological polar surface area (TPSA) is 30.2 Å². The van der Waals surface area contributed by atoms with Gasteiger partial charge in [0.1, 0.15) is 5.82 Å². The predicted molar refractivity (Wildman–Crippen MR) is 75.8 cm³/mol. The maximum atomic E-state index is 13.8. The molecule has 0 aliphatic carbocycles. The van der Waals surface area contributed by atoms with E-state index in [2.05, 4.69) is 0 Å². The summed E-state index contributed by atoms with van der Waals surface area (Å²) in [6.45, 7) is 1.80. The largest absolute Gasteiger partial charge is 0.451 e. The minimum absolute atomic E-state index is 0.000165. The number of para-hydroxylation sites is 1. The molecule has 0 saturated heterocycles. The molecule has 0 amide bonds. The molecule has 0 bridgehead atoms. The van der Waals surface area contributed by atoms with Gasteiger partial charge in [-0.05, 0) is 31.2 Å². The summed E-state index contributed by atoms with van der Waals surface area (Å²) in [6.07, 6.45) is 0. The first-order valence-electron chi connectivity index (χ1n) is 6.05. The summed E-state index contributed by atoms with van der Waals surface area (Å²) in [5.41, 5.74) is 1.25. The number of carbonyl (C=O) groups is 1. The van der Waals surface area contributed by atoms with Gasteiger partial charge < -0.3 is 4.42 Å². The summed E-state index contributed by atoms with van der Waals surface area (Å²) in [6, 6.07) is 11.2. The molecular formula is C16H10ClFO2. The van der Waals surface area contributed by atoms with E-state index in [9.17, 15) is 9.18 Å². The van der Waals surface area contributed by atoms with Gasteiger partial charge in [-0.3, -0.25) is 4.79 Å². The molecule has 4 heteroatoms. The quantitative estimate of drug-likeness (QED) is 0.636. The normalized spacial score (nSPS) is 10.9. The SMILES string of the molecule is Cc1ccc(F)c(C(=O)c2cc3cccc(Cl)c3o2)c1. The number of halogens is 2. The zero-order chi connectivity index (χ0) is 14.3. The van der Waals surface area contributed by atoms with Gasteiger partial charge in [-0.1, -0.05) is 35.4 Å². The lowest BCUT2D eigenvalue weighted by Gasteiger charge is -2.01. The van der Waals surface area contributed by atoms with Crippen molar-refractivity contribution in [1.29, 1.82) is 0 Å². The Morgan fingerprint density at radius 3 is 2.75 bits per heavy atom. The lowest BCUT2D eigenvalue weighted by Crippen LogP contribution is -2.03. The van der Waals surface area contributed by atoms with Gasteiger partial charge in [0.25, 0.3) is 0 Å². The van der Waals surface area contributed by atoms with Crippen molar-refractivity contribution >= 4 is 28.4 Å². The fraction of sp³-hybridized carbons (Fsp3) is 0.0625. The number of rotatable bonds is 2. The van der Waals surface area contributed by atoms with Gasteiger partial charge in [0, 0.05) is 5.39 Å². The predicted octanol–water partition coefficient (Wildman–Crippen LogP) is 4.76. The first-order valence-corrected chi connectivity index (χ1v) is 6.43. The number of benzene rings is 2. The van der Waals surface area contributed by atoms with Crippen molar-refractivity contribution in [1.82, 2.24) is 0 Å². The van der Waals surface area contributed by atoms with Crippen molar-refractivity contribution < 1.29 is 13.6 Å². The van der Waals surface area contributed by atoms with Crippen LogP contribution in [0.1, 0.15) is 21.7 Å². The van der Waals surface area contributed by atoms with Gasteiger partial charge in [0.2, 0.25) is 5.78 Å². The Balaban J connectivity index is 2.13. The molecule has 20 heavy (non-hydrogen) atoms. The van der Waals surface area contributed by atoms with Gasteiger partial charge >= 0.3 is 0 Å². The number of hydrogen-bond donors (Lipinski definition) is 0. The Morgan fingerprint density at radius 1 is 1.20 bits per heavy atom. The maximum absolute atomic E-state index is 13.8. The third-order valence-electron chi connectivity index (χ3n) is 3.09. The second-order valence-electron chi connectivity index (χ2n) is 4.58. The molecule has 3 aromatic rings. The molecule has 0 aliphatic rings. The third kappa shape index (κ3) is 2.10. The van der Waals surface area contributed by atoms with E-state index in [0.29, 0.717) is 16.0 Å². The van der Waals surface area contributed by atoms with Crippen molar-refractivity contribution in [3.8, 4) is 0 Å². The highest BCUT2D eigenvalue weighted by Gasteiger charge is 2.19. The molecule has 0 atom stereocenters. The molecule has 0 N–H and O–H groups in total. The van der Waals surface area contributed by atoms with Gasteiger partial charge in [-0.25, -0.2) is 4.39 Å². The zero-order valence-corrected chi connectivity index (χ0v) is 11.4. The summed E-state index contributed by atoms with van der Waals surface area (Å²) < 4.78 is 19.2. The van der Waals surface area contributed by atoms with E-state index >= 15 is 0 Å². The average molecular weight is 289 g/mol. The van der Waals surface area contributed by atoms with E-state index in [0.717, 1.165) is 5.56 Å². The Kier molecular flexibility index (Phi) is 3.07. The smallest absolute Gasteiger partial charge is 0.231 e. The van der Waals surface area contributed by atoms with Crippen molar-refractivity contribution in [3.63, 3.8) is 0 Å². The number of hydrogen-bond acceptors (Lipinski definition) is 2. The zero-order valence-electron chi connectivity index (χ0n) is 10.6. The van der Waals surface area contributed by atoms with Crippen molar-refractivity contribution in [3.05, 3.63) is 70.2 Å². The van der Waals surface area contributed by atoms with E-state index in [4.69, 9.17) is 16.0 Å². The van der Waals surface area contributed by atoms with Crippen molar-refractivity contribution in [2.24, 2.45) is 0 Å². The number of furan rings is 1. The van der Waals surface area contributed by atoms with E-state index in [1.807, 2.05) is 0 Å². The highest BCUT2D eigenvalue weighted by molar-refractivity contribution is 6.35. The minimum Gasteiger partial charge on any atom is -0.451 e. The lowest BCUT2D eigenvalue weighted by atomic mass is 10.1. The highest BCUT2D eigenvalue weighted by atomic mass is 35.5. The molecular weight excluding hydrogens is 279 g/mol. The Morgan fingerprint density at radius 2 is 2.00 bits per heavy atom. The van der Waals surface area contributed by atoms with Gasteiger partial charge in [-0.2, -0.15) is 0 Å². The Bertz CT molecular complexity index is 820. The number of fused-ring (bicyclic) bond motifs is 1. The van der Waals surface area contributed by atoms with Crippen LogP contribution in [0.15, 0.2) is 46.9 Å². The van der Waals surface area contributed by atoms with Crippen LogP contribution in [-0.4, -0.2) is 5.78 Å². The standard InChI is InChI=1S/C16H10ClFO2/c1-9-5-6-13(18)11(7-9)15(19)14-8-10-3-2-4-12(17)16(10)20-14/h2-8H,1H3. The van der Waals surface area contributed by atoms with Crippen LogP contribution in [0.3, 0.4) is 0 Å². The molecule has 2 aromatic carbocycles. The molecule has 1 aromatic heterocycles. The monoisotopic (exact) mass is 288 g/mol. The van der Waals surface area contributed by atoms with Crippen LogP contribution in [0.25, 0.3) is 11.0 Å². The summed E-state index contributed by atoms with van der Waals surface area (Å²) in [5.74, 6) is -0.969. The van der Waals surface area contributed by atoms with Crippen LogP contribution in [-0.2, 0) is 0 Å². The second-order valence-corrected chi connectivity index (χ2v) is 4.99. The molecule has 0 spiro atoms. The van der Waals surface area contributed by atoms with Crippen molar-refractivity contribution in [2.75, 3.05) is 0 Å². The first-order chi connectivity index (χ1) is 9.56. The van der Waals surface area contributed by atoms with E-state index in [-0.39, 0.29) is 11.3 Å². The average Bonchev–Trinajstić information content (AvgIpc) is 2.86. The third-order valence-corrected chi connectivity index (χ3v) is 3.38. The van der Waals surface area contributed by atoms with E-state index < -0.39 is 11.6 Å². The molecule has 0 fully saturated rings. The minimum atomic E-state index is -0.563. The fourth-order valence-corrected chi connectivity index (χ4v) is 2.31. The van der Waals surface area contributed by atoms with Crippen LogP contribution < -0.4 is 0 Å².